The number of ether oxygens (including phenoxy) is 1. The van der Waals surface area contributed by atoms with Gasteiger partial charge in [0.1, 0.15) is 0 Å². The number of nitrogen functional groups attached to an aromatic ring is 2. The highest BCUT2D eigenvalue weighted by Gasteiger charge is 2.32. The Bertz CT molecular complexity index is 875. The van der Waals surface area contributed by atoms with E-state index in [1.165, 1.54) is 11.8 Å². The van der Waals surface area contributed by atoms with Crippen LogP contribution in [0.2, 0.25) is 5.02 Å². The van der Waals surface area contributed by atoms with Gasteiger partial charge in [0.2, 0.25) is 5.95 Å². The van der Waals surface area contributed by atoms with E-state index in [0.29, 0.717) is 41.4 Å². The number of carbonyl (C=O) groups excluding carboxylic acids is 1. The summed E-state index contributed by atoms with van der Waals surface area (Å²) in [5.41, 5.74) is 17.3. The summed E-state index contributed by atoms with van der Waals surface area (Å²) in [5.74, 6) is 0.747. The van der Waals surface area contributed by atoms with Crippen molar-refractivity contribution >= 4 is 46.9 Å². The summed E-state index contributed by atoms with van der Waals surface area (Å²) in [5, 5.41) is 9.35. The van der Waals surface area contributed by atoms with Crippen LogP contribution in [0.5, 0.6) is 0 Å². The highest BCUT2D eigenvalue weighted by molar-refractivity contribution is 7.99. The average molecular weight is 424 g/mol. The number of piperidine rings is 1. The predicted molar refractivity (Wildman–Crippen MR) is 109 cm³/mol. The van der Waals surface area contributed by atoms with Crippen LogP contribution in [-0.4, -0.2) is 41.0 Å². The third-order valence-electron chi connectivity index (χ3n) is 4.69. The molecule has 1 aromatic heterocycles. The lowest BCUT2D eigenvalue weighted by molar-refractivity contribution is 0.0817. The fourth-order valence-electron chi connectivity index (χ4n) is 2.87. The van der Waals surface area contributed by atoms with Crippen molar-refractivity contribution in [3.63, 3.8) is 0 Å². The number of carbonyl (C=O) groups is 1. The van der Waals surface area contributed by atoms with Crippen LogP contribution in [0.4, 0.5) is 22.2 Å². The van der Waals surface area contributed by atoms with E-state index in [9.17, 15) is 4.79 Å². The van der Waals surface area contributed by atoms with E-state index in [4.69, 9.17) is 33.5 Å². The summed E-state index contributed by atoms with van der Waals surface area (Å²) in [6.07, 6.45) is 0.857. The first-order valence-electron chi connectivity index (χ1n) is 8.67. The molecule has 6 N–H and O–H groups in total. The summed E-state index contributed by atoms with van der Waals surface area (Å²) < 4.78 is 4.97. The number of nitrogens with zero attached hydrogens (tertiary/aromatic N) is 4. The van der Waals surface area contributed by atoms with Crippen molar-refractivity contribution in [1.29, 1.82) is 0 Å². The summed E-state index contributed by atoms with van der Waals surface area (Å²) in [6, 6.07) is 5.36. The Labute approximate surface area is 172 Å². The molecule has 0 unspecified atom stereocenters. The highest BCUT2D eigenvalue weighted by atomic mass is 35.5. The standard InChI is InChI=1S/C17H22ClN7O2S/c1-17(9-27-15(21)26)5-7-25(8-6-17)16-22-13(20)14(23-24-16)28-11-4-2-3-10(19)12(11)18/h2-4H,5-9,19H2,1H3,(H2,21,26)(H2,20,22,24). The van der Waals surface area contributed by atoms with E-state index < -0.39 is 6.09 Å². The summed E-state index contributed by atoms with van der Waals surface area (Å²) >= 11 is 7.49. The van der Waals surface area contributed by atoms with Crippen molar-refractivity contribution in [3.05, 3.63) is 23.2 Å². The first-order valence-corrected chi connectivity index (χ1v) is 9.86. The molecule has 1 saturated heterocycles. The molecule has 0 atom stereocenters. The first-order chi connectivity index (χ1) is 13.3. The maximum absolute atomic E-state index is 10.8. The molecule has 9 nitrogen and oxygen atoms in total. The molecular formula is C17H22ClN7O2S. The van der Waals surface area contributed by atoms with Crippen LogP contribution in [0, 0.1) is 5.41 Å². The van der Waals surface area contributed by atoms with Crippen molar-refractivity contribution in [2.45, 2.75) is 29.7 Å². The molecule has 11 heteroatoms. The van der Waals surface area contributed by atoms with E-state index in [0.717, 1.165) is 17.7 Å². The maximum atomic E-state index is 10.8. The van der Waals surface area contributed by atoms with E-state index in [1.807, 2.05) is 17.0 Å². The topological polar surface area (TPSA) is 146 Å². The van der Waals surface area contributed by atoms with Gasteiger partial charge in [0.15, 0.2) is 10.8 Å². The van der Waals surface area contributed by atoms with Gasteiger partial charge in [-0.25, -0.2) is 4.79 Å². The van der Waals surface area contributed by atoms with Crippen LogP contribution < -0.4 is 22.1 Å². The fraction of sp³-hybridized carbons (Fsp3) is 0.412. The fourth-order valence-corrected chi connectivity index (χ4v) is 3.91. The highest BCUT2D eigenvalue weighted by Crippen LogP contribution is 2.37. The first kappa shape index (κ1) is 20.3. The van der Waals surface area contributed by atoms with Gasteiger partial charge in [-0.05, 0) is 25.0 Å². The number of nitrogens with two attached hydrogens (primary N) is 3. The molecule has 1 amide bonds. The maximum Gasteiger partial charge on any atom is 0.404 e. The molecular weight excluding hydrogens is 402 g/mol. The number of anilines is 3. The monoisotopic (exact) mass is 423 g/mol. The van der Waals surface area contributed by atoms with Crippen LogP contribution in [0.1, 0.15) is 19.8 Å². The lowest BCUT2D eigenvalue weighted by Gasteiger charge is -2.38. The number of benzene rings is 1. The summed E-state index contributed by atoms with van der Waals surface area (Å²) in [4.78, 5) is 18.0. The number of hydrogen-bond acceptors (Lipinski definition) is 9. The number of rotatable bonds is 5. The van der Waals surface area contributed by atoms with Crippen LogP contribution >= 0.6 is 23.4 Å². The minimum atomic E-state index is -0.752. The van der Waals surface area contributed by atoms with Gasteiger partial charge in [0, 0.05) is 23.4 Å². The normalized spacial score (nSPS) is 16.0. The van der Waals surface area contributed by atoms with Crippen molar-refractivity contribution in [2.24, 2.45) is 11.1 Å². The molecule has 0 aliphatic carbocycles. The summed E-state index contributed by atoms with van der Waals surface area (Å²) in [6.45, 7) is 3.77. The molecule has 1 fully saturated rings. The predicted octanol–water partition coefficient (Wildman–Crippen LogP) is 2.54. The number of halogens is 1. The number of amides is 1. The molecule has 1 aliphatic rings. The van der Waals surface area contributed by atoms with Crippen LogP contribution in [0.15, 0.2) is 28.1 Å². The van der Waals surface area contributed by atoms with Crippen LogP contribution in [0.25, 0.3) is 0 Å². The second-order valence-corrected chi connectivity index (χ2v) is 8.38. The van der Waals surface area contributed by atoms with Crippen LogP contribution in [-0.2, 0) is 4.74 Å². The third kappa shape index (κ3) is 4.68. The Balaban J connectivity index is 1.66. The Morgan fingerprint density at radius 3 is 2.68 bits per heavy atom. The van der Waals surface area contributed by atoms with E-state index in [2.05, 4.69) is 22.1 Å². The number of aromatic nitrogens is 3. The molecule has 2 aromatic rings. The SMILES string of the molecule is CC1(COC(N)=O)CCN(c2nnc(Sc3cccc(N)c3Cl)c(N)n2)CC1. The van der Waals surface area contributed by atoms with Gasteiger partial charge in [-0.15, -0.1) is 10.2 Å². The zero-order valence-corrected chi connectivity index (χ0v) is 17.0. The molecule has 28 heavy (non-hydrogen) atoms. The molecule has 1 aliphatic heterocycles. The molecule has 2 heterocycles. The quantitative estimate of drug-likeness (QED) is 0.617. The Morgan fingerprint density at radius 1 is 1.32 bits per heavy atom. The summed E-state index contributed by atoms with van der Waals surface area (Å²) in [7, 11) is 0. The Kier molecular flexibility index (Phi) is 5.99. The second-order valence-electron chi connectivity index (χ2n) is 6.97. The molecule has 150 valence electrons. The molecule has 0 saturated carbocycles. The van der Waals surface area contributed by atoms with Crippen molar-refractivity contribution in [2.75, 3.05) is 36.1 Å². The van der Waals surface area contributed by atoms with E-state index in [1.54, 1.807) is 6.07 Å². The van der Waals surface area contributed by atoms with E-state index >= 15 is 0 Å². The molecule has 0 bridgehead atoms. The van der Waals surface area contributed by atoms with Gasteiger partial charge in [0.25, 0.3) is 0 Å². The average Bonchev–Trinajstić information content (AvgIpc) is 2.66. The Hall–Kier alpha value is -2.46. The van der Waals surface area contributed by atoms with Gasteiger partial charge in [-0.1, -0.05) is 36.4 Å². The van der Waals surface area contributed by atoms with Crippen LogP contribution in [0.3, 0.4) is 0 Å². The lowest BCUT2D eigenvalue weighted by atomic mass is 9.81. The minimum Gasteiger partial charge on any atom is -0.449 e. The molecule has 3 rings (SSSR count). The minimum absolute atomic E-state index is 0.121. The van der Waals surface area contributed by atoms with Crippen molar-refractivity contribution in [3.8, 4) is 0 Å². The van der Waals surface area contributed by atoms with Crippen molar-refractivity contribution in [1.82, 2.24) is 15.2 Å². The Morgan fingerprint density at radius 2 is 2.04 bits per heavy atom. The van der Waals surface area contributed by atoms with Gasteiger partial charge in [-0.3, -0.25) is 0 Å². The largest absolute Gasteiger partial charge is 0.449 e. The van der Waals surface area contributed by atoms with Gasteiger partial charge in [0.05, 0.1) is 17.3 Å². The van der Waals surface area contributed by atoms with Gasteiger partial charge < -0.3 is 26.8 Å². The number of hydrogen-bond donors (Lipinski definition) is 3. The third-order valence-corrected chi connectivity index (χ3v) is 6.26. The lowest BCUT2D eigenvalue weighted by Crippen LogP contribution is -2.42. The second kappa shape index (κ2) is 8.27. The van der Waals surface area contributed by atoms with Gasteiger partial charge >= 0.3 is 6.09 Å². The van der Waals surface area contributed by atoms with Crippen molar-refractivity contribution < 1.29 is 9.53 Å². The molecule has 0 radical (unpaired) electrons. The van der Waals surface area contributed by atoms with Gasteiger partial charge in [-0.2, -0.15) is 4.98 Å². The number of primary amides is 1. The molecule has 0 spiro atoms. The zero-order chi connectivity index (χ0) is 20.3. The van der Waals surface area contributed by atoms with E-state index in [-0.39, 0.29) is 11.2 Å². The smallest absolute Gasteiger partial charge is 0.404 e. The zero-order valence-electron chi connectivity index (χ0n) is 15.4. The molecule has 1 aromatic carbocycles.